The smallest absolute Gasteiger partial charge is 0.133 e. The van der Waals surface area contributed by atoms with Crippen LogP contribution in [0.2, 0.25) is 0 Å². The van der Waals surface area contributed by atoms with E-state index < -0.39 is 0 Å². The Morgan fingerprint density at radius 2 is 2.08 bits per heavy atom. The molecule has 3 rings (SSSR count). The van der Waals surface area contributed by atoms with Crippen molar-refractivity contribution in [2.24, 2.45) is 5.11 Å². The zero-order valence-electron chi connectivity index (χ0n) is 14.7. The highest BCUT2D eigenvalue weighted by atomic mass is 32.2. The van der Waals surface area contributed by atoms with Crippen molar-refractivity contribution in [3.8, 4) is 0 Å². The summed E-state index contributed by atoms with van der Waals surface area (Å²) >= 11 is 1.48. The Labute approximate surface area is 156 Å². The van der Waals surface area contributed by atoms with Crippen molar-refractivity contribution in [2.45, 2.75) is 42.8 Å². The van der Waals surface area contributed by atoms with Crippen molar-refractivity contribution in [1.82, 2.24) is 14.5 Å². The minimum atomic E-state index is -0.265. The fourth-order valence-corrected chi connectivity index (χ4v) is 3.84. The van der Waals surface area contributed by atoms with E-state index >= 15 is 0 Å². The molecular weight excluding hydrogens is 349 g/mol. The molecule has 0 saturated carbocycles. The summed E-state index contributed by atoms with van der Waals surface area (Å²) in [5, 5.41) is 4.46. The highest BCUT2D eigenvalue weighted by molar-refractivity contribution is 7.99. The van der Waals surface area contributed by atoms with Gasteiger partial charge in [-0.3, -0.25) is 4.98 Å². The molecule has 0 spiro atoms. The van der Waals surface area contributed by atoms with E-state index in [0.29, 0.717) is 12.4 Å². The predicted molar refractivity (Wildman–Crippen MR) is 99.0 cm³/mol. The van der Waals surface area contributed by atoms with Crippen LogP contribution in [0.4, 0.5) is 4.39 Å². The van der Waals surface area contributed by atoms with Crippen molar-refractivity contribution in [1.29, 1.82) is 5.53 Å². The molecule has 0 aliphatic carbocycles. The van der Waals surface area contributed by atoms with Crippen LogP contribution in [-0.4, -0.2) is 14.5 Å². The number of halogens is 1. The SMILES string of the molecule is CC(C)c1nc(CN=N)n(Cc2ccccn2)c1Sc1cccc(F)c1. The Bertz CT molecular complexity index is 892. The Hall–Kier alpha value is -2.54. The van der Waals surface area contributed by atoms with Crippen LogP contribution in [0.25, 0.3) is 0 Å². The topological polar surface area (TPSA) is 66.9 Å². The fraction of sp³-hybridized carbons (Fsp3) is 0.263. The molecule has 3 aromatic rings. The minimum absolute atomic E-state index is 0.195. The molecule has 0 amide bonds. The van der Waals surface area contributed by atoms with Crippen molar-refractivity contribution in [2.75, 3.05) is 0 Å². The van der Waals surface area contributed by atoms with Crippen LogP contribution in [-0.2, 0) is 13.1 Å². The summed E-state index contributed by atoms with van der Waals surface area (Å²) < 4.78 is 15.6. The summed E-state index contributed by atoms with van der Waals surface area (Å²) in [6.07, 6.45) is 1.75. The van der Waals surface area contributed by atoms with Gasteiger partial charge < -0.3 is 4.57 Å². The number of nitrogens with zero attached hydrogens (tertiary/aromatic N) is 4. The molecule has 1 aromatic carbocycles. The first-order valence-corrected chi connectivity index (χ1v) is 9.16. The first-order valence-electron chi connectivity index (χ1n) is 8.34. The van der Waals surface area contributed by atoms with Gasteiger partial charge in [-0.1, -0.05) is 37.7 Å². The van der Waals surface area contributed by atoms with Crippen LogP contribution in [0.1, 0.15) is 37.0 Å². The van der Waals surface area contributed by atoms with Gasteiger partial charge in [0, 0.05) is 11.1 Å². The number of rotatable bonds is 7. The molecule has 0 atom stereocenters. The molecule has 0 saturated heterocycles. The van der Waals surface area contributed by atoms with E-state index in [9.17, 15) is 4.39 Å². The number of aromatic nitrogens is 3. The summed E-state index contributed by atoms with van der Waals surface area (Å²) in [7, 11) is 0. The van der Waals surface area contributed by atoms with Crippen LogP contribution in [0.15, 0.2) is 63.7 Å². The fourth-order valence-electron chi connectivity index (χ4n) is 2.64. The molecule has 2 heterocycles. The highest BCUT2D eigenvalue weighted by Crippen LogP contribution is 2.35. The second-order valence-electron chi connectivity index (χ2n) is 6.16. The summed E-state index contributed by atoms with van der Waals surface area (Å²) in [5.41, 5.74) is 9.07. The van der Waals surface area contributed by atoms with Crippen LogP contribution in [0.3, 0.4) is 0 Å². The predicted octanol–water partition coefficient (Wildman–Crippen LogP) is 5.27. The lowest BCUT2D eigenvalue weighted by atomic mass is 10.1. The second kappa shape index (κ2) is 8.23. The number of nitrogens with one attached hydrogen (secondary N) is 1. The van der Waals surface area contributed by atoms with E-state index in [1.807, 2.05) is 28.8 Å². The third-order valence-electron chi connectivity index (χ3n) is 3.85. The Morgan fingerprint density at radius 1 is 1.23 bits per heavy atom. The van der Waals surface area contributed by atoms with Crippen molar-refractivity contribution in [3.63, 3.8) is 0 Å². The van der Waals surface area contributed by atoms with E-state index in [0.717, 1.165) is 21.3 Å². The van der Waals surface area contributed by atoms with E-state index in [1.54, 1.807) is 12.3 Å². The van der Waals surface area contributed by atoms with Gasteiger partial charge in [-0.25, -0.2) is 14.9 Å². The highest BCUT2D eigenvalue weighted by Gasteiger charge is 2.21. The molecule has 0 bridgehead atoms. The zero-order valence-corrected chi connectivity index (χ0v) is 15.5. The largest absolute Gasteiger partial charge is 0.315 e. The quantitative estimate of drug-likeness (QED) is 0.577. The lowest BCUT2D eigenvalue weighted by Crippen LogP contribution is -2.07. The molecule has 26 heavy (non-hydrogen) atoms. The Balaban J connectivity index is 2.07. The average molecular weight is 369 g/mol. The van der Waals surface area contributed by atoms with Crippen LogP contribution in [0.5, 0.6) is 0 Å². The average Bonchev–Trinajstić information content (AvgIpc) is 2.94. The number of hydrogen-bond donors (Lipinski definition) is 1. The number of pyridine rings is 1. The van der Waals surface area contributed by atoms with Gasteiger partial charge in [-0.2, -0.15) is 5.11 Å². The summed E-state index contributed by atoms with van der Waals surface area (Å²) in [5.74, 6) is 0.645. The first kappa shape index (κ1) is 18.3. The molecule has 0 fully saturated rings. The molecule has 7 heteroatoms. The van der Waals surface area contributed by atoms with Gasteiger partial charge in [0.1, 0.15) is 23.2 Å². The lowest BCUT2D eigenvalue weighted by Gasteiger charge is -2.12. The van der Waals surface area contributed by atoms with Crippen molar-refractivity contribution in [3.05, 3.63) is 71.7 Å². The van der Waals surface area contributed by atoms with Gasteiger partial charge in [0.05, 0.1) is 17.9 Å². The van der Waals surface area contributed by atoms with Crippen LogP contribution >= 0.6 is 11.8 Å². The molecule has 2 aromatic heterocycles. The van der Waals surface area contributed by atoms with E-state index in [1.165, 1.54) is 23.9 Å². The number of benzene rings is 1. The molecule has 0 radical (unpaired) electrons. The third kappa shape index (κ3) is 4.16. The maximum Gasteiger partial charge on any atom is 0.133 e. The van der Waals surface area contributed by atoms with Gasteiger partial charge in [0.15, 0.2) is 0 Å². The minimum Gasteiger partial charge on any atom is -0.315 e. The molecule has 0 aliphatic rings. The number of hydrogen-bond acceptors (Lipinski definition) is 5. The summed E-state index contributed by atoms with van der Waals surface area (Å²) in [6, 6.07) is 12.3. The Kier molecular flexibility index (Phi) is 5.78. The van der Waals surface area contributed by atoms with Gasteiger partial charge in [0.25, 0.3) is 0 Å². The molecule has 1 N–H and O–H groups in total. The molecular formula is C19H20FN5S. The summed E-state index contributed by atoms with van der Waals surface area (Å²) in [4.78, 5) is 9.93. The maximum atomic E-state index is 13.6. The molecule has 5 nitrogen and oxygen atoms in total. The molecule has 0 unspecified atom stereocenters. The van der Waals surface area contributed by atoms with Gasteiger partial charge in [-0.05, 0) is 36.2 Å². The van der Waals surface area contributed by atoms with Gasteiger partial charge in [0.2, 0.25) is 0 Å². The van der Waals surface area contributed by atoms with Crippen LogP contribution in [0, 0.1) is 11.3 Å². The van der Waals surface area contributed by atoms with E-state index in [4.69, 9.17) is 10.5 Å². The van der Waals surface area contributed by atoms with Crippen LogP contribution < -0.4 is 0 Å². The molecule has 134 valence electrons. The number of imidazole rings is 1. The van der Waals surface area contributed by atoms with Gasteiger partial charge in [-0.15, -0.1) is 0 Å². The van der Waals surface area contributed by atoms with E-state index in [-0.39, 0.29) is 18.3 Å². The first-order chi connectivity index (χ1) is 12.6. The van der Waals surface area contributed by atoms with Crippen molar-refractivity contribution < 1.29 is 4.39 Å². The monoisotopic (exact) mass is 369 g/mol. The lowest BCUT2D eigenvalue weighted by molar-refractivity contribution is 0.624. The molecule has 0 aliphatic heterocycles. The third-order valence-corrected chi connectivity index (χ3v) is 4.96. The van der Waals surface area contributed by atoms with Crippen molar-refractivity contribution >= 4 is 11.8 Å². The zero-order chi connectivity index (χ0) is 18.5. The second-order valence-corrected chi connectivity index (χ2v) is 7.22. The maximum absolute atomic E-state index is 13.6. The summed E-state index contributed by atoms with van der Waals surface area (Å²) in [6.45, 7) is 4.88. The standard InChI is InChI=1S/C19H20FN5S/c1-13(2)18-19(26-16-8-5-6-14(20)10-16)25(17(24-18)11-23-21)12-15-7-3-4-9-22-15/h3-10,13,21H,11-12H2,1-2H3. The van der Waals surface area contributed by atoms with E-state index in [2.05, 4.69) is 23.9 Å². The normalized spacial score (nSPS) is 11.1. The Morgan fingerprint density at radius 3 is 2.73 bits per heavy atom. The van der Waals surface area contributed by atoms with Gasteiger partial charge >= 0.3 is 0 Å².